The minimum Gasteiger partial charge on any atom is -0.380 e. The number of aryl methyl sites for hydroxylation is 1. The van der Waals surface area contributed by atoms with E-state index < -0.39 is 5.97 Å². The fourth-order valence-corrected chi connectivity index (χ4v) is 2.52. The molecule has 5 nitrogen and oxygen atoms in total. The van der Waals surface area contributed by atoms with Crippen LogP contribution < -0.4 is 5.73 Å². The van der Waals surface area contributed by atoms with Gasteiger partial charge >= 0.3 is 5.97 Å². The van der Waals surface area contributed by atoms with Crippen LogP contribution in [0.5, 0.6) is 0 Å². The van der Waals surface area contributed by atoms with Crippen LogP contribution >= 0.6 is 0 Å². The Kier molecular flexibility index (Phi) is 5.42. The van der Waals surface area contributed by atoms with Crippen molar-refractivity contribution < 1.29 is 14.4 Å². The first-order chi connectivity index (χ1) is 13.1. The van der Waals surface area contributed by atoms with Crippen LogP contribution in [0.3, 0.4) is 0 Å². The van der Waals surface area contributed by atoms with Gasteiger partial charge in [-0.05, 0) is 13.0 Å². The molecule has 0 fully saturated rings. The van der Waals surface area contributed by atoms with Gasteiger partial charge in [-0.2, -0.15) is 0 Å². The Hall–Kier alpha value is -3.73. The van der Waals surface area contributed by atoms with Crippen LogP contribution in [-0.4, -0.2) is 17.6 Å². The van der Waals surface area contributed by atoms with Crippen LogP contribution in [0, 0.1) is 6.92 Å². The second-order valence-electron chi connectivity index (χ2n) is 5.96. The van der Waals surface area contributed by atoms with Crippen LogP contribution in [0.15, 0.2) is 84.0 Å². The normalized spacial score (nSPS) is 11.1. The molecule has 0 bridgehead atoms. The van der Waals surface area contributed by atoms with Crippen molar-refractivity contribution in [3.05, 3.63) is 107 Å². The van der Waals surface area contributed by atoms with Crippen molar-refractivity contribution >= 4 is 17.6 Å². The van der Waals surface area contributed by atoms with E-state index in [-0.39, 0.29) is 22.7 Å². The molecule has 0 atom stereocenters. The Morgan fingerprint density at radius 1 is 0.778 bits per heavy atom. The number of hydrogen-bond donors (Lipinski definition) is 1. The largest absolute Gasteiger partial charge is 0.380 e. The number of carbonyl (C=O) groups excluding carboxylic acids is 2. The first-order valence-corrected chi connectivity index (χ1v) is 8.37. The molecule has 0 unspecified atom stereocenters. The topological polar surface area (TPSA) is 81.8 Å². The quantitative estimate of drug-likeness (QED) is 0.248. The van der Waals surface area contributed by atoms with Gasteiger partial charge in [-0.15, -0.1) is 0 Å². The minimum absolute atomic E-state index is 0.0753. The number of amidine groups is 1. The highest BCUT2D eigenvalue weighted by atomic mass is 16.7. The first kappa shape index (κ1) is 18.1. The number of ketones is 1. The van der Waals surface area contributed by atoms with Gasteiger partial charge in [0.1, 0.15) is 0 Å². The summed E-state index contributed by atoms with van der Waals surface area (Å²) in [6.07, 6.45) is 0. The summed E-state index contributed by atoms with van der Waals surface area (Å²) in [7, 11) is 0. The van der Waals surface area contributed by atoms with Gasteiger partial charge in [-0.1, -0.05) is 83.5 Å². The number of nitrogens with zero attached hydrogens (tertiary/aromatic N) is 1. The first-order valence-electron chi connectivity index (χ1n) is 8.37. The summed E-state index contributed by atoms with van der Waals surface area (Å²) < 4.78 is 0. The zero-order valence-electron chi connectivity index (χ0n) is 14.8. The molecule has 27 heavy (non-hydrogen) atoms. The maximum absolute atomic E-state index is 12.8. The monoisotopic (exact) mass is 358 g/mol. The minimum atomic E-state index is -0.745. The molecule has 2 N–H and O–H groups in total. The molecule has 134 valence electrons. The summed E-state index contributed by atoms with van der Waals surface area (Å²) in [6, 6.07) is 22.6. The molecule has 0 amide bonds. The molecule has 0 heterocycles. The lowest BCUT2D eigenvalue weighted by Gasteiger charge is -2.07. The highest BCUT2D eigenvalue weighted by Gasteiger charge is 2.19. The van der Waals surface area contributed by atoms with Gasteiger partial charge in [-0.25, -0.2) is 4.79 Å². The van der Waals surface area contributed by atoms with E-state index in [1.165, 1.54) is 6.07 Å². The predicted molar refractivity (Wildman–Crippen MR) is 104 cm³/mol. The molecule has 5 heteroatoms. The molecule has 0 radical (unpaired) electrons. The summed E-state index contributed by atoms with van der Waals surface area (Å²) in [5, 5.41) is 3.69. The Balaban J connectivity index is 1.84. The zero-order valence-corrected chi connectivity index (χ0v) is 14.8. The maximum Gasteiger partial charge on any atom is 0.366 e. The molecule has 3 rings (SSSR count). The molecular formula is C22H18N2O3. The van der Waals surface area contributed by atoms with E-state index in [2.05, 4.69) is 5.16 Å². The van der Waals surface area contributed by atoms with Gasteiger partial charge in [-0.3, -0.25) is 4.79 Å². The van der Waals surface area contributed by atoms with E-state index in [1.54, 1.807) is 54.6 Å². The van der Waals surface area contributed by atoms with Crippen LogP contribution in [0.4, 0.5) is 0 Å². The molecule has 3 aromatic carbocycles. The third kappa shape index (κ3) is 4.27. The number of benzene rings is 3. The van der Waals surface area contributed by atoms with E-state index in [1.807, 2.05) is 25.1 Å². The molecule has 0 saturated carbocycles. The lowest BCUT2D eigenvalue weighted by Crippen LogP contribution is -2.16. The fourth-order valence-electron chi connectivity index (χ4n) is 2.52. The van der Waals surface area contributed by atoms with Gasteiger partial charge in [0, 0.05) is 16.7 Å². The fraction of sp³-hybridized carbons (Fsp3) is 0.0455. The number of nitrogens with two attached hydrogens (primary N) is 1. The summed E-state index contributed by atoms with van der Waals surface area (Å²) >= 11 is 0. The number of carbonyl (C=O) groups is 2. The number of rotatable bonds is 5. The van der Waals surface area contributed by atoms with E-state index in [4.69, 9.17) is 10.6 Å². The lowest BCUT2D eigenvalue weighted by atomic mass is 9.98. The molecule has 0 aliphatic rings. The lowest BCUT2D eigenvalue weighted by molar-refractivity contribution is 0.0513. The Bertz CT molecular complexity index is 994. The van der Waals surface area contributed by atoms with Crippen molar-refractivity contribution in [2.45, 2.75) is 6.92 Å². The predicted octanol–water partition coefficient (Wildman–Crippen LogP) is 3.70. The Labute approximate surface area is 157 Å². The summed E-state index contributed by atoms with van der Waals surface area (Å²) in [6.45, 7) is 1.94. The standard InChI is InChI=1S/C22H18N2O3/c1-15-11-13-16(14-12-15)20(25)18-9-5-6-10-19(18)22(26)27-24-21(23)17-7-3-2-4-8-17/h2-14H,1H3,(H2,23,24). The van der Waals surface area contributed by atoms with Crippen LogP contribution in [0.2, 0.25) is 0 Å². The molecule has 0 aromatic heterocycles. The molecule has 0 aliphatic carbocycles. The zero-order chi connectivity index (χ0) is 19.2. The van der Waals surface area contributed by atoms with E-state index >= 15 is 0 Å². The Morgan fingerprint density at radius 3 is 2.04 bits per heavy atom. The van der Waals surface area contributed by atoms with Crippen molar-refractivity contribution in [3.8, 4) is 0 Å². The van der Waals surface area contributed by atoms with Gasteiger partial charge < -0.3 is 10.6 Å². The second kappa shape index (κ2) is 8.10. The van der Waals surface area contributed by atoms with E-state index in [0.29, 0.717) is 11.1 Å². The van der Waals surface area contributed by atoms with Crippen molar-refractivity contribution in [1.29, 1.82) is 0 Å². The van der Waals surface area contributed by atoms with Gasteiger partial charge in [0.15, 0.2) is 11.6 Å². The van der Waals surface area contributed by atoms with Crippen molar-refractivity contribution in [2.24, 2.45) is 10.9 Å². The molecule has 0 aliphatic heterocycles. The SMILES string of the molecule is Cc1ccc(C(=O)c2ccccc2C(=O)O/N=C(\N)c2ccccc2)cc1. The number of oxime groups is 1. The average Bonchev–Trinajstić information content (AvgIpc) is 2.72. The molecule has 3 aromatic rings. The molecule has 0 spiro atoms. The van der Waals surface area contributed by atoms with E-state index in [9.17, 15) is 9.59 Å². The Morgan fingerprint density at radius 2 is 1.37 bits per heavy atom. The molecular weight excluding hydrogens is 340 g/mol. The van der Waals surface area contributed by atoms with Crippen LogP contribution in [-0.2, 0) is 4.84 Å². The van der Waals surface area contributed by atoms with Gasteiger partial charge in [0.05, 0.1) is 5.56 Å². The van der Waals surface area contributed by atoms with E-state index in [0.717, 1.165) is 5.56 Å². The summed E-state index contributed by atoms with van der Waals surface area (Å²) in [5.41, 5.74) is 8.39. The average molecular weight is 358 g/mol. The third-order valence-electron chi connectivity index (χ3n) is 4.00. The maximum atomic E-state index is 12.8. The van der Waals surface area contributed by atoms with Crippen LogP contribution in [0.25, 0.3) is 0 Å². The highest BCUT2D eigenvalue weighted by Crippen LogP contribution is 2.16. The smallest absolute Gasteiger partial charge is 0.366 e. The molecule has 0 saturated heterocycles. The third-order valence-corrected chi connectivity index (χ3v) is 4.00. The van der Waals surface area contributed by atoms with Crippen molar-refractivity contribution in [2.75, 3.05) is 0 Å². The van der Waals surface area contributed by atoms with Gasteiger partial charge in [0.25, 0.3) is 0 Å². The number of hydrogen-bond acceptors (Lipinski definition) is 4. The van der Waals surface area contributed by atoms with Crippen molar-refractivity contribution in [1.82, 2.24) is 0 Å². The van der Waals surface area contributed by atoms with Crippen LogP contribution in [0.1, 0.15) is 37.4 Å². The second-order valence-corrected chi connectivity index (χ2v) is 5.96. The van der Waals surface area contributed by atoms with Crippen molar-refractivity contribution in [3.63, 3.8) is 0 Å². The van der Waals surface area contributed by atoms with Gasteiger partial charge in [0.2, 0.25) is 0 Å². The highest BCUT2D eigenvalue weighted by molar-refractivity contribution is 6.14. The summed E-state index contributed by atoms with van der Waals surface area (Å²) in [4.78, 5) is 30.2. The summed E-state index contributed by atoms with van der Waals surface area (Å²) in [5.74, 6) is -0.932.